The topological polar surface area (TPSA) is 102 Å². The molecule has 9 heteroatoms. The number of aryl methyl sites for hydroxylation is 2. The quantitative estimate of drug-likeness (QED) is 0.842. The summed E-state index contributed by atoms with van der Waals surface area (Å²) in [7, 11) is 1.59. The number of rotatable bonds is 2. The molecule has 0 saturated carbocycles. The van der Waals surface area contributed by atoms with E-state index in [0.717, 1.165) is 11.3 Å². The number of hydrogen-bond donors (Lipinski definition) is 1. The molecule has 1 saturated heterocycles. The Labute approximate surface area is 134 Å². The number of thiophene rings is 1. The summed E-state index contributed by atoms with van der Waals surface area (Å²) in [4.78, 5) is 42.6. The lowest BCUT2D eigenvalue weighted by Gasteiger charge is -2.32. The van der Waals surface area contributed by atoms with Crippen LogP contribution < -0.4 is 5.56 Å². The average molecular weight is 337 g/mol. The zero-order valence-electron chi connectivity index (χ0n) is 12.6. The molecule has 3 rings (SSSR count). The third-order valence-electron chi connectivity index (χ3n) is 3.88. The van der Waals surface area contributed by atoms with Crippen LogP contribution in [0.2, 0.25) is 0 Å². The van der Waals surface area contributed by atoms with Crippen molar-refractivity contribution >= 4 is 33.4 Å². The zero-order chi connectivity index (χ0) is 16.7. The number of ether oxygens (including phenoxy) is 1. The monoisotopic (exact) mass is 337 g/mol. The Morgan fingerprint density at radius 1 is 1.48 bits per heavy atom. The second kappa shape index (κ2) is 5.74. The standard InChI is InChI=1S/C14H15N3O5S/c1-7-9-11(15-6-16(2)12(9)18)23-10(7)13(19)17-3-4-22-5-8(17)14(20)21/h6,8H,3-5H2,1-2H3,(H,20,21). The van der Waals surface area contributed by atoms with E-state index in [2.05, 4.69) is 4.98 Å². The van der Waals surface area contributed by atoms with Crippen LogP contribution in [0.25, 0.3) is 10.2 Å². The summed E-state index contributed by atoms with van der Waals surface area (Å²) in [5, 5.41) is 9.66. The van der Waals surface area contributed by atoms with Crippen LogP contribution in [-0.4, -0.2) is 57.2 Å². The van der Waals surface area contributed by atoms with Crippen molar-refractivity contribution in [1.82, 2.24) is 14.5 Å². The van der Waals surface area contributed by atoms with Crippen LogP contribution in [-0.2, 0) is 16.6 Å². The van der Waals surface area contributed by atoms with Gasteiger partial charge in [0.25, 0.3) is 11.5 Å². The van der Waals surface area contributed by atoms with Crippen molar-refractivity contribution in [2.75, 3.05) is 19.8 Å². The summed E-state index contributed by atoms with van der Waals surface area (Å²) in [6, 6.07) is -1.02. The first kappa shape index (κ1) is 15.6. The van der Waals surface area contributed by atoms with Crippen molar-refractivity contribution < 1.29 is 19.4 Å². The van der Waals surface area contributed by atoms with E-state index < -0.39 is 17.9 Å². The van der Waals surface area contributed by atoms with Crippen LogP contribution in [0.3, 0.4) is 0 Å². The number of aliphatic carboxylic acids is 1. The predicted octanol–water partition coefficient (Wildman–Crippen LogP) is 0.229. The fourth-order valence-corrected chi connectivity index (χ4v) is 3.69. The van der Waals surface area contributed by atoms with Crippen LogP contribution >= 0.6 is 11.3 Å². The summed E-state index contributed by atoms with van der Waals surface area (Å²) in [5.41, 5.74) is 0.318. The molecule has 0 spiro atoms. The smallest absolute Gasteiger partial charge is 0.328 e. The SMILES string of the molecule is Cc1c(C(=O)N2CCOCC2C(=O)O)sc2ncn(C)c(=O)c12. The Hall–Kier alpha value is -2.26. The van der Waals surface area contributed by atoms with Crippen LogP contribution in [0.4, 0.5) is 0 Å². The Kier molecular flexibility index (Phi) is 3.90. The summed E-state index contributed by atoms with van der Waals surface area (Å²) >= 11 is 1.11. The van der Waals surface area contributed by atoms with Gasteiger partial charge in [0.1, 0.15) is 4.83 Å². The van der Waals surface area contributed by atoms with E-state index in [9.17, 15) is 19.5 Å². The van der Waals surface area contributed by atoms with Crippen molar-refractivity contribution in [2.24, 2.45) is 7.05 Å². The predicted molar refractivity (Wildman–Crippen MR) is 82.9 cm³/mol. The van der Waals surface area contributed by atoms with E-state index in [1.54, 1.807) is 14.0 Å². The fraction of sp³-hybridized carbons (Fsp3) is 0.429. The number of carboxylic acid groups (broad SMARTS) is 1. The minimum absolute atomic E-state index is 0.0367. The number of hydrogen-bond acceptors (Lipinski definition) is 6. The molecule has 0 radical (unpaired) electrons. The van der Waals surface area contributed by atoms with Crippen molar-refractivity contribution in [1.29, 1.82) is 0 Å². The highest BCUT2D eigenvalue weighted by atomic mass is 32.1. The van der Waals surface area contributed by atoms with Crippen LogP contribution in [0.5, 0.6) is 0 Å². The third kappa shape index (κ3) is 2.51. The maximum Gasteiger partial charge on any atom is 0.328 e. The maximum absolute atomic E-state index is 12.8. The van der Waals surface area contributed by atoms with E-state index in [1.165, 1.54) is 15.8 Å². The summed E-state index contributed by atoms with van der Waals surface area (Å²) in [6.07, 6.45) is 1.41. The van der Waals surface area contributed by atoms with E-state index >= 15 is 0 Å². The molecular weight excluding hydrogens is 322 g/mol. The molecule has 1 aliphatic heterocycles. The number of carbonyl (C=O) groups excluding carboxylic acids is 1. The number of morpholine rings is 1. The van der Waals surface area contributed by atoms with E-state index in [-0.39, 0.29) is 18.7 Å². The van der Waals surface area contributed by atoms with Gasteiger partial charge in [-0.1, -0.05) is 0 Å². The maximum atomic E-state index is 12.8. The van der Waals surface area contributed by atoms with Gasteiger partial charge in [-0.3, -0.25) is 9.59 Å². The number of aromatic nitrogens is 2. The molecule has 1 aliphatic rings. The second-order valence-electron chi connectivity index (χ2n) is 5.32. The van der Waals surface area contributed by atoms with Crippen molar-refractivity contribution in [3.05, 3.63) is 27.1 Å². The van der Waals surface area contributed by atoms with Gasteiger partial charge in [0, 0.05) is 13.6 Å². The molecular formula is C14H15N3O5S. The Morgan fingerprint density at radius 2 is 2.22 bits per heavy atom. The number of fused-ring (bicyclic) bond motifs is 1. The second-order valence-corrected chi connectivity index (χ2v) is 6.32. The molecule has 3 heterocycles. The number of carboxylic acids is 1. The Balaban J connectivity index is 2.07. The fourth-order valence-electron chi connectivity index (χ4n) is 2.59. The third-order valence-corrected chi connectivity index (χ3v) is 5.07. The molecule has 1 unspecified atom stereocenters. The lowest BCUT2D eigenvalue weighted by Crippen LogP contribution is -2.52. The van der Waals surface area contributed by atoms with Gasteiger partial charge >= 0.3 is 5.97 Å². The zero-order valence-corrected chi connectivity index (χ0v) is 13.4. The van der Waals surface area contributed by atoms with Gasteiger partial charge in [-0.15, -0.1) is 11.3 Å². The minimum Gasteiger partial charge on any atom is -0.480 e. The molecule has 8 nitrogen and oxygen atoms in total. The summed E-state index contributed by atoms with van der Waals surface area (Å²) in [6.45, 7) is 2.14. The summed E-state index contributed by atoms with van der Waals surface area (Å²) < 4.78 is 6.50. The van der Waals surface area contributed by atoms with Crippen LogP contribution in [0.15, 0.2) is 11.1 Å². The summed E-state index contributed by atoms with van der Waals surface area (Å²) in [5.74, 6) is -1.51. The van der Waals surface area contributed by atoms with Gasteiger partial charge in [-0.25, -0.2) is 9.78 Å². The van der Waals surface area contributed by atoms with Gasteiger partial charge in [0.05, 0.1) is 29.8 Å². The highest BCUT2D eigenvalue weighted by Gasteiger charge is 2.35. The van der Waals surface area contributed by atoms with Gasteiger partial charge in [-0.2, -0.15) is 0 Å². The van der Waals surface area contributed by atoms with Crippen molar-refractivity contribution in [3.8, 4) is 0 Å². The normalized spacial score (nSPS) is 18.3. The van der Waals surface area contributed by atoms with E-state index in [1.807, 2.05) is 0 Å². The molecule has 1 N–H and O–H groups in total. The highest BCUT2D eigenvalue weighted by molar-refractivity contribution is 7.20. The number of carbonyl (C=O) groups is 2. The van der Waals surface area contributed by atoms with Gasteiger partial charge in [-0.05, 0) is 12.5 Å². The molecule has 0 aliphatic carbocycles. The molecule has 23 heavy (non-hydrogen) atoms. The molecule has 122 valence electrons. The lowest BCUT2D eigenvalue weighted by atomic mass is 10.1. The molecule has 1 amide bonds. The first-order chi connectivity index (χ1) is 10.9. The van der Waals surface area contributed by atoms with Gasteiger partial charge < -0.3 is 19.3 Å². The first-order valence-electron chi connectivity index (χ1n) is 6.98. The molecule has 2 aromatic rings. The lowest BCUT2D eigenvalue weighted by molar-refractivity contribution is -0.147. The highest BCUT2D eigenvalue weighted by Crippen LogP contribution is 2.28. The van der Waals surface area contributed by atoms with E-state index in [4.69, 9.17) is 4.74 Å². The van der Waals surface area contributed by atoms with Crippen molar-refractivity contribution in [2.45, 2.75) is 13.0 Å². The molecule has 1 atom stereocenters. The number of amides is 1. The van der Waals surface area contributed by atoms with Crippen LogP contribution in [0.1, 0.15) is 15.2 Å². The Morgan fingerprint density at radius 3 is 2.91 bits per heavy atom. The van der Waals surface area contributed by atoms with E-state index in [0.29, 0.717) is 27.3 Å². The van der Waals surface area contributed by atoms with Gasteiger partial charge in [0.2, 0.25) is 0 Å². The molecule has 2 aromatic heterocycles. The molecule has 0 bridgehead atoms. The van der Waals surface area contributed by atoms with Crippen LogP contribution in [0, 0.1) is 6.92 Å². The average Bonchev–Trinajstić information content (AvgIpc) is 2.87. The van der Waals surface area contributed by atoms with Gasteiger partial charge in [0.15, 0.2) is 6.04 Å². The molecule has 1 fully saturated rings. The minimum atomic E-state index is -1.11. The van der Waals surface area contributed by atoms with Crippen molar-refractivity contribution in [3.63, 3.8) is 0 Å². The largest absolute Gasteiger partial charge is 0.480 e. The Bertz CT molecular complexity index is 856. The molecule has 0 aromatic carbocycles. The number of nitrogens with zero attached hydrogens (tertiary/aromatic N) is 3. The first-order valence-corrected chi connectivity index (χ1v) is 7.79.